The topological polar surface area (TPSA) is 24.8 Å². The van der Waals surface area contributed by atoms with Gasteiger partial charge in [-0.1, -0.05) is 91.0 Å². The lowest BCUT2D eigenvalue weighted by Crippen LogP contribution is -2.33. The molecular weight excluding hydrogens is 356 g/mol. The molecule has 0 aliphatic carbocycles. The number of hydrazone groups is 1. The molecule has 0 amide bonds. The van der Waals surface area contributed by atoms with Crippen molar-refractivity contribution >= 4 is 16.5 Å². The fraction of sp³-hybridized carbons (Fsp3) is 0.115. The molecule has 2 aliphatic rings. The van der Waals surface area contributed by atoms with Gasteiger partial charge in [-0.15, -0.1) is 0 Å². The zero-order valence-corrected chi connectivity index (χ0v) is 15.9. The lowest BCUT2D eigenvalue weighted by atomic mass is 9.95. The van der Waals surface area contributed by atoms with Crippen LogP contribution in [-0.2, 0) is 0 Å². The second-order valence-corrected chi connectivity index (χ2v) is 7.59. The van der Waals surface area contributed by atoms with Crippen LogP contribution in [0.25, 0.3) is 10.8 Å². The van der Waals surface area contributed by atoms with Crippen molar-refractivity contribution in [2.24, 2.45) is 5.10 Å². The van der Waals surface area contributed by atoms with Gasteiger partial charge >= 0.3 is 0 Å². The molecule has 0 N–H and O–H groups in total. The summed E-state index contributed by atoms with van der Waals surface area (Å²) in [6.45, 7) is 0. The Bertz CT molecular complexity index is 1230. The largest absolute Gasteiger partial charge is 0.464 e. The van der Waals surface area contributed by atoms with Gasteiger partial charge in [-0.3, -0.25) is 0 Å². The monoisotopic (exact) mass is 376 g/mol. The lowest BCUT2D eigenvalue weighted by Gasteiger charge is -2.38. The van der Waals surface area contributed by atoms with Crippen molar-refractivity contribution < 1.29 is 4.74 Å². The minimum atomic E-state index is -0.248. The van der Waals surface area contributed by atoms with Crippen molar-refractivity contribution in [3.63, 3.8) is 0 Å². The Hall–Kier alpha value is -3.59. The number of nitrogens with zero attached hydrogens (tertiary/aromatic N) is 2. The molecule has 0 saturated carbocycles. The summed E-state index contributed by atoms with van der Waals surface area (Å²) in [5, 5.41) is 9.66. The van der Waals surface area contributed by atoms with Gasteiger partial charge in [0.2, 0.25) is 6.23 Å². The summed E-state index contributed by atoms with van der Waals surface area (Å²) in [6.07, 6.45) is 0.633. The predicted molar refractivity (Wildman–Crippen MR) is 116 cm³/mol. The van der Waals surface area contributed by atoms with Gasteiger partial charge in [0.05, 0.1) is 11.8 Å². The molecule has 2 aliphatic heterocycles. The van der Waals surface area contributed by atoms with Crippen molar-refractivity contribution in [1.82, 2.24) is 5.01 Å². The first-order valence-electron chi connectivity index (χ1n) is 10.0. The Balaban J connectivity index is 1.52. The van der Waals surface area contributed by atoms with Gasteiger partial charge in [0.25, 0.3) is 0 Å². The maximum atomic E-state index is 6.54. The normalized spacial score (nSPS) is 20.0. The molecular formula is C26H20N2O. The number of rotatable bonds is 2. The van der Waals surface area contributed by atoms with Crippen LogP contribution in [0.5, 0.6) is 5.75 Å². The SMILES string of the molecule is c1ccc(C2=NN3C(C2)c2ccccc2OC3c2cccc3ccccc23)cc1. The number of para-hydroxylation sites is 1. The van der Waals surface area contributed by atoms with E-state index >= 15 is 0 Å². The molecule has 0 spiro atoms. The highest BCUT2D eigenvalue weighted by molar-refractivity contribution is 6.02. The Kier molecular flexibility index (Phi) is 3.66. The molecule has 0 bridgehead atoms. The van der Waals surface area contributed by atoms with Crippen molar-refractivity contribution in [3.05, 3.63) is 114 Å². The van der Waals surface area contributed by atoms with Gasteiger partial charge in [-0.2, -0.15) is 5.10 Å². The molecule has 2 unspecified atom stereocenters. The highest BCUT2D eigenvalue weighted by atomic mass is 16.5. The summed E-state index contributed by atoms with van der Waals surface area (Å²) in [5.74, 6) is 0.955. The number of hydrogen-bond acceptors (Lipinski definition) is 3. The van der Waals surface area contributed by atoms with Crippen LogP contribution in [0.2, 0.25) is 0 Å². The fourth-order valence-electron chi connectivity index (χ4n) is 4.51. The van der Waals surface area contributed by atoms with Gasteiger partial charge in [0.1, 0.15) is 5.75 Å². The van der Waals surface area contributed by atoms with Crippen LogP contribution in [0, 0.1) is 0 Å². The van der Waals surface area contributed by atoms with E-state index < -0.39 is 0 Å². The first kappa shape index (κ1) is 16.4. The molecule has 0 aromatic heterocycles. The quantitative estimate of drug-likeness (QED) is 0.423. The Labute approximate surface area is 169 Å². The molecule has 4 aromatic rings. The number of benzene rings is 4. The van der Waals surface area contributed by atoms with E-state index in [-0.39, 0.29) is 12.3 Å². The van der Waals surface area contributed by atoms with Crippen LogP contribution >= 0.6 is 0 Å². The summed E-state index contributed by atoms with van der Waals surface area (Å²) in [6, 6.07) is 33.9. The van der Waals surface area contributed by atoms with Gasteiger partial charge in [0, 0.05) is 17.5 Å². The summed E-state index contributed by atoms with van der Waals surface area (Å²) < 4.78 is 6.54. The molecule has 2 atom stereocenters. The zero-order chi connectivity index (χ0) is 19.2. The summed E-state index contributed by atoms with van der Waals surface area (Å²) in [5.41, 5.74) is 4.65. The Morgan fingerprint density at radius 2 is 1.45 bits per heavy atom. The molecule has 3 heteroatoms. The predicted octanol–water partition coefficient (Wildman–Crippen LogP) is 6.08. The van der Waals surface area contributed by atoms with Gasteiger partial charge in [-0.05, 0) is 22.4 Å². The number of ether oxygens (including phenoxy) is 1. The van der Waals surface area contributed by atoms with Crippen LogP contribution in [0.3, 0.4) is 0 Å². The third-order valence-corrected chi connectivity index (χ3v) is 5.90. The van der Waals surface area contributed by atoms with Gasteiger partial charge in [-0.25, -0.2) is 5.01 Å². The van der Waals surface area contributed by atoms with Crippen LogP contribution in [0.1, 0.15) is 35.4 Å². The third-order valence-electron chi connectivity index (χ3n) is 5.90. The van der Waals surface area contributed by atoms with Crippen molar-refractivity contribution in [3.8, 4) is 5.75 Å². The van der Waals surface area contributed by atoms with Crippen LogP contribution < -0.4 is 4.74 Å². The van der Waals surface area contributed by atoms with Crippen molar-refractivity contribution in [2.75, 3.05) is 0 Å². The third kappa shape index (κ3) is 2.62. The molecule has 2 heterocycles. The molecule has 0 fully saturated rings. The van der Waals surface area contributed by atoms with E-state index in [0.717, 1.165) is 23.4 Å². The highest BCUT2D eigenvalue weighted by Crippen LogP contribution is 2.48. The fourth-order valence-corrected chi connectivity index (χ4v) is 4.51. The van der Waals surface area contributed by atoms with E-state index in [0.29, 0.717) is 0 Å². The second-order valence-electron chi connectivity index (χ2n) is 7.59. The second kappa shape index (κ2) is 6.49. The highest BCUT2D eigenvalue weighted by Gasteiger charge is 2.41. The maximum absolute atomic E-state index is 6.54. The Morgan fingerprint density at radius 3 is 2.38 bits per heavy atom. The van der Waals surface area contributed by atoms with E-state index in [1.165, 1.54) is 21.9 Å². The molecule has 140 valence electrons. The molecule has 3 nitrogen and oxygen atoms in total. The molecule has 6 rings (SSSR count). The van der Waals surface area contributed by atoms with Crippen LogP contribution in [0.15, 0.2) is 102 Å². The van der Waals surface area contributed by atoms with E-state index in [1.807, 2.05) is 12.1 Å². The zero-order valence-electron chi connectivity index (χ0n) is 15.9. The number of fused-ring (bicyclic) bond motifs is 4. The van der Waals surface area contributed by atoms with Crippen LogP contribution in [0.4, 0.5) is 0 Å². The number of hydrogen-bond donors (Lipinski definition) is 0. The van der Waals surface area contributed by atoms with Gasteiger partial charge in [0.15, 0.2) is 0 Å². The van der Waals surface area contributed by atoms with Crippen molar-refractivity contribution in [2.45, 2.75) is 18.7 Å². The first-order valence-corrected chi connectivity index (χ1v) is 10.0. The minimum Gasteiger partial charge on any atom is -0.464 e. The molecule has 0 saturated heterocycles. The standard InChI is InChI=1S/C26H20N2O/c1-2-10-19(11-3-1)23-17-24-22-14-6-7-16-25(22)29-26(28(24)27-23)21-15-8-12-18-9-4-5-13-20(18)21/h1-16,24,26H,17H2. The van der Waals surface area contributed by atoms with E-state index in [1.54, 1.807) is 0 Å². The summed E-state index contributed by atoms with van der Waals surface area (Å²) >= 11 is 0. The lowest BCUT2D eigenvalue weighted by molar-refractivity contribution is -0.0180. The maximum Gasteiger partial charge on any atom is 0.214 e. The average Bonchev–Trinajstić information content (AvgIpc) is 3.25. The van der Waals surface area contributed by atoms with Crippen molar-refractivity contribution in [1.29, 1.82) is 0 Å². The Morgan fingerprint density at radius 1 is 0.724 bits per heavy atom. The summed E-state index contributed by atoms with van der Waals surface area (Å²) in [4.78, 5) is 0. The first-order chi connectivity index (χ1) is 14.4. The van der Waals surface area contributed by atoms with E-state index in [9.17, 15) is 0 Å². The van der Waals surface area contributed by atoms with Gasteiger partial charge < -0.3 is 4.74 Å². The molecule has 0 radical (unpaired) electrons. The average molecular weight is 376 g/mol. The smallest absolute Gasteiger partial charge is 0.214 e. The molecule has 29 heavy (non-hydrogen) atoms. The van der Waals surface area contributed by atoms with E-state index in [4.69, 9.17) is 9.84 Å². The summed E-state index contributed by atoms with van der Waals surface area (Å²) in [7, 11) is 0. The van der Waals surface area contributed by atoms with Crippen LogP contribution in [-0.4, -0.2) is 10.7 Å². The van der Waals surface area contributed by atoms with E-state index in [2.05, 4.69) is 89.9 Å². The minimum absolute atomic E-state index is 0.180. The molecule has 4 aromatic carbocycles.